The molecule has 0 spiro atoms. The molecule has 21 heavy (non-hydrogen) atoms. The quantitative estimate of drug-likeness (QED) is 0.805. The molecule has 4 heteroatoms. The summed E-state index contributed by atoms with van der Waals surface area (Å²) in [5, 5.41) is 9.00. The van der Waals surface area contributed by atoms with Crippen LogP contribution in [0.4, 0.5) is 0 Å². The van der Waals surface area contributed by atoms with Crippen LogP contribution in [0.2, 0.25) is 5.02 Å². The Kier molecular flexibility index (Phi) is 6.56. The second kappa shape index (κ2) is 8.19. The Hall–Kier alpha value is -0.540. The van der Waals surface area contributed by atoms with Gasteiger partial charge in [0.25, 0.3) is 0 Å². The van der Waals surface area contributed by atoms with Crippen molar-refractivity contribution in [1.29, 1.82) is 0 Å². The standard InChI is InChI=1S/C17H30ClN3/c1-4-9-21-17(16(18)12-20-21)15-8-6-5-7-14(15)11-19-10-13(2)3/h12-15,19H,4-11H2,1-3H3. The highest BCUT2D eigenvalue weighted by atomic mass is 35.5. The number of aryl methyl sites for hydroxylation is 1. The van der Waals surface area contributed by atoms with Crippen LogP contribution in [0.5, 0.6) is 0 Å². The number of hydrogen-bond acceptors (Lipinski definition) is 2. The van der Waals surface area contributed by atoms with E-state index in [1.807, 2.05) is 6.20 Å². The molecule has 0 amide bonds. The molecule has 2 atom stereocenters. The first-order valence-electron chi connectivity index (χ1n) is 8.55. The molecular weight excluding hydrogens is 282 g/mol. The predicted octanol–water partition coefficient (Wildman–Crippen LogP) is 4.47. The third-order valence-electron chi connectivity index (χ3n) is 4.49. The normalized spacial score (nSPS) is 22.9. The minimum Gasteiger partial charge on any atom is -0.316 e. The van der Waals surface area contributed by atoms with E-state index in [-0.39, 0.29) is 0 Å². The molecule has 1 heterocycles. The van der Waals surface area contributed by atoms with Gasteiger partial charge in [-0.25, -0.2) is 0 Å². The van der Waals surface area contributed by atoms with Gasteiger partial charge in [0.15, 0.2) is 0 Å². The summed E-state index contributed by atoms with van der Waals surface area (Å²) in [6.07, 6.45) is 8.17. The van der Waals surface area contributed by atoms with Crippen molar-refractivity contribution in [2.75, 3.05) is 13.1 Å². The van der Waals surface area contributed by atoms with E-state index >= 15 is 0 Å². The molecule has 1 aliphatic carbocycles. The van der Waals surface area contributed by atoms with E-state index in [0.29, 0.717) is 17.8 Å². The summed E-state index contributed by atoms with van der Waals surface area (Å²) in [7, 11) is 0. The number of hydrogen-bond donors (Lipinski definition) is 1. The monoisotopic (exact) mass is 311 g/mol. The van der Waals surface area contributed by atoms with Gasteiger partial charge in [0.2, 0.25) is 0 Å². The summed E-state index contributed by atoms with van der Waals surface area (Å²) in [6, 6.07) is 0. The molecule has 1 saturated carbocycles. The van der Waals surface area contributed by atoms with E-state index in [9.17, 15) is 0 Å². The molecule has 1 fully saturated rings. The molecule has 0 aliphatic heterocycles. The van der Waals surface area contributed by atoms with E-state index in [1.165, 1.54) is 31.4 Å². The van der Waals surface area contributed by atoms with Crippen molar-refractivity contribution in [1.82, 2.24) is 15.1 Å². The van der Waals surface area contributed by atoms with Crippen molar-refractivity contribution < 1.29 is 0 Å². The predicted molar refractivity (Wildman–Crippen MR) is 89.9 cm³/mol. The van der Waals surface area contributed by atoms with Crippen LogP contribution in [0.15, 0.2) is 6.20 Å². The fourth-order valence-corrected chi connectivity index (χ4v) is 3.78. The molecule has 2 unspecified atom stereocenters. The number of halogens is 1. The van der Waals surface area contributed by atoms with Crippen molar-refractivity contribution in [3.63, 3.8) is 0 Å². The Morgan fingerprint density at radius 1 is 1.38 bits per heavy atom. The third kappa shape index (κ3) is 4.46. The number of nitrogens with one attached hydrogen (secondary N) is 1. The first-order chi connectivity index (χ1) is 10.1. The van der Waals surface area contributed by atoms with Crippen LogP contribution in [0.25, 0.3) is 0 Å². The van der Waals surface area contributed by atoms with Gasteiger partial charge in [-0.15, -0.1) is 0 Å². The number of rotatable bonds is 7. The maximum absolute atomic E-state index is 6.46. The Morgan fingerprint density at radius 3 is 2.86 bits per heavy atom. The van der Waals surface area contributed by atoms with Gasteiger partial charge in [-0.3, -0.25) is 4.68 Å². The van der Waals surface area contributed by atoms with Crippen LogP contribution in [-0.4, -0.2) is 22.9 Å². The largest absolute Gasteiger partial charge is 0.316 e. The maximum Gasteiger partial charge on any atom is 0.0820 e. The van der Waals surface area contributed by atoms with E-state index in [4.69, 9.17) is 11.6 Å². The lowest BCUT2D eigenvalue weighted by Gasteiger charge is -2.32. The lowest BCUT2D eigenvalue weighted by molar-refractivity contribution is 0.280. The highest BCUT2D eigenvalue weighted by Crippen LogP contribution is 2.40. The van der Waals surface area contributed by atoms with Gasteiger partial charge in [-0.2, -0.15) is 5.10 Å². The van der Waals surface area contributed by atoms with Gasteiger partial charge in [-0.05, 0) is 44.2 Å². The van der Waals surface area contributed by atoms with Gasteiger partial charge in [-0.1, -0.05) is 45.2 Å². The molecule has 0 radical (unpaired) electrons. The van der Waals surface area contributed by atoms with Crippen LogP contribution in [-0.2, 0) is 6.54 Å². The lowest BCUT2D eigenvalue weighted by atomic mass is 9.77. The van der Waals surface area contributed by atoms with Crippen molar-refractivity contribution >= 4 is 11.6 Å². The molecule has 0 saturated heterocycles. The molecule has 1 aromatic heterocycles. The third-order valence-corrected chi connectivity index (χ3v) is 4.78. The first-order valence-corrected chi connectivity index (χ1v) is 8.93. The van der Waals surface area contributed by atoms with E-state index in [2.05, 4.69) is 35.9 Å². The fourth-order valence-electron chi connectivity index (χ4n) is 3.50. The minimum atomic E-state index is 0.569. The van der Waals surface area contributed by atoms with Crippen LogP contribution < -0.4 is 5.32 Å². The smallest absolute Gasteiger partial charge is 0.0820 e. The topological polar surface area (TPSA) is 29.9 Å². The molecular formula is C17H30ClN3. The minimum absolute atomic E-state index is 0.569. The summed E-state index contributed by atoms with van der Waals surface area (Å²) < 4.78 is 2.15. The van der Waals surface area contributed by atoms with E-state index < -0.39 is 0 Å². The maximum atomic E-state index is 6.46. The molecule has 0 aromatic carbocycles. The second-order valence-electron chi connectivity index (χ2n) is 6.80. The summed E-state index contributed by atoms with van der Waals surface area (Å²) in [4.78, 5) is 0. The van der Waals surface area contributed by atoms with Gasteiger partial charge in [0.05, 0.1) is 16.9 Å². The van der Waals surface area contributed by atoms with E-state index in [0.717, 1.165) is 31.1 Å². The highest BCUT2D eigenvalue weighted by molar-refractivity contribution is 6.31. The average Bonchev–Trinajstić information content (AvgIpc) is 2.81. The van der Waals surface area contributed by atoms with Crippen molar-refractivity contribution in [3.8, 4) is 0 Å². The van der Waals surface area contributed by atoms with Crippen molar-refractivity contribution in [2.45, 2.75) is 65.3 Å². The van der Waals surface area contributed by atoms with Crippen LogP contribution >= 0.6 is 11.6 Å². The van der Waals surface area contributed by atoms with Crippen LogP contribution in [0.1, 0.15) is 64.5 Å². The number of nitrogens with zero attached hydrogens (tertiary/aromatic N) is 2. The summed E-state index contributed by atoms with van der Waals surface area (Å²) in [5.74, 6) is 1.98. The first kappa shape index (κ1) is 16.8. The molecule has 2 rings (SSSR count). The SMILES string of the molecule is CCCn1ncc(Cl)c1C1CCCCC1CNCC(C)C. The van der Waals surface area contributed by atoms with E-state index in [1.54, 1.807) is 0 Å². The molecule has 1 N–H and O–H groups in total. The Morgan fingerprint density at radius 2 is 2.14 bits per heavy atom. The zero-order valence-electron chi connectivity index (χ0n) is 13.7. The Labute approximate surface area is 134 Å². The fraction of sp³-hybridized carbons (Fsp3) is 0.824. The van der Waals surface area contributed by atoms with Gasteiger partial charge in [0.1, 0.15) is 0 Å². The molecule has 1 aromatic rings. The Balaban J connectivity index is 2.09. The zero-order chi connectivity index (χ0) is 15.2. The van der Waals surface area contributed by atoms with Crippen LogP contribution in [0, 0.1) is 11.8 Å². The lowest BCUT2D eigenvalue weighted by Crippen LogP contribution is -2.32. The van der Waals surface area contributed by atoms with Crippen molar-refractivity contribution in [2.24, 2.45) is 11.8 Å². The summed E-state index contributed by atoms with van der Waals surface area (Å²) >= 11 is 6.46. The van der Waals surface area contributed by atoms with Gasteiger partial charge >= 0.3 is 0 Å². The highest BCUT2D eigenvalue weighted by Gasteiger charge is 2.30. The molecule has 0 bridgehead atoms. The van der Waals surface area contributed by atoms with Crippen molar-refractivity contribution in [3.05, 3.63) is 16.9 Å². The van der Waals surface area contributed by atoms with Crippen LogP contribution in [0.3, 0.4) is 0 Å². The second-order valence-corrected chi connectivity index (χ2v) is 7.21. The van der Waals surface area contributed by atoms with Gasteiger partial charge in [0, 0.05) is 12.5 Å². The average molecular weight is 312 g/mol. The van der Waals surface area contributed by atoms with Gasteiger partial charge < -0.3 is 5.32 Å². The number of aromatic nitrogens is 2. The Bertz CT molecular complexity index is 428. The zero-order valence-corrected chi connectivity index (χ0v) is 14.5. The summed E-state index contributed by atoms with van der Waals surface area (Å²) in [5.41, 5.74) is 1.29. The summed E-state index contributed by atoms with van der Waals surface area (Å²) in [6.45, 7) is 9.91. The molecule has 1 aliphatic rings. The molecule has 120 valence electrons. The molecule has 3 nitrogen and oxygen atoms in total.